The Labute approximate surface area is 178 Å². The van der Waals surface area contributed by atoms with Crippen LogP contribution in [0.4, 0.5) is 0 Å². The summed E-state index contributed by atoms with van der Waals surface area (Å²) in [6.45, 7) is 3.38. The number of carbonyl (C=O) groups excluding carboxylic acids is 2. The van der Waals surface area contributed by atoms with Crippen LogP contribution in [0.2, 0.25) is 0 Å². The van der Waals surface area contributed by atoms with Gasteiger partial charge in [0.2, 0.25) is 11.9 Å². The van der Waals surface area contributed by atoms with Crippen LogP contribution in [0, 0.1) is 5.92 Å². The monoisotopic (exact) mass is 455 g/mol. The van der Waals surface area contributed by atoms with Crippen molar-refractivity contribution in [3.63, 3.8) is 0 Å². The number of rotatable bonds is 3. The van der Waals surface area contributed by atoms with Crippen molar-refractivity contribution in [1.29, 1.82) is 0 Å². The largest absolute Gasteiger partial charge is 0.465 e. The molecule has 2 aliphatic heterocycles. The molecule has 2 aromatic carbocycles. The quantitative estimate of drug-likeness (QED) is 0.569. The molecule has 0 radical (unpaired) electrons. The number of aliphatic imine (C=N–C) groups is 1. The highest BCUT2D eigenvalue weighted by atomic mass is 79.9. The van der Waals surface area contributed by atoms with Crippen LogP contribution in [-0.2, 0) is 27.3 Å². The summed E-state index contributed by atoms with van der Waals surface area (Å²) in [5.74, 6) is -1.42. The van der Waals surface area contributed by atoms with Crippen molar-refractivity contribution in [3.8, 4) is 0 Å². The minimum Gasteiger partial charge on any atom is -0.465 e. The molecule has 2 heterocycles. The van der Waals surface area contributed by atoms with Crippen LogP contribution < -0.4 is 5.32 Å². The number of hydrogen-bond acceptors (Lipinski definition) is 5. The first kappa shape index (κ1) is 19.6. The summed E-state index contributed by atoms with van der Waals surface area (Å²) in [7, 11) is 0. The molecule has 4 rings (SSSR count). The fraction of sp³-hybridized carbons (Fsp3) is 0.318. The number of esters is 1. The van der Waals surface area contributed by atoms with Crippen LogP contribution in [0.3, 0.4) is 0 Å². The highest BCUT2D eigenvalue weighted by Crippen LogP contribution is 2.32. The minimum absolute atomic E-state index is 0.217. The SMILES string of the molecule is CCOC(=O)C1C(=O)NC(N2CCc3ccccc3C2)=NC1c1ccc(Br)cc1. The van der Waals surface area contributed by atoms with Gasteiger partial charge in [-0.1, -0.05) is 52.3 Å². The number of ether oxygens (including phenoxy) is 1. The van der Waals surface area contributed by atoms with Gasteiger partial charge < -0.3 is 9.64 Å². The van der Waals surface area contributed by atoms with E-state index in [-0.39, 0.29) is 12.5 Å². The van der Waals surface area contributed by atoms with Gasteiger partial charge in [-0.15, -0.1) is 0 Å². The Balaban J connectivity index is 1.68. The van der Waals surface area contributed by atoms with Crippen molar-refractivity contribution in [2.45, 2.75) is 25.9 Å². The lowest BCUT2D eigenvalue weighted by atomic mass is 9.91. The first-order valence-corrected chi connectivity index (χ1v) is 10.5. The number of fused-ring (bicyclic) bond motifs is 1. The van der Waals surface area contributed by atoms with E-state index < -0.39 is 17.9 Å². The molecular formula is C22H22BrN3O3. The molecule has 29 heavy (non-hydrogen) atoms. The second-order valence-electron chi connectivity index (χ2n) is 7.11. The number of benzene rings is 2. The van der Waals surface area contributed by atoms with Crippen molar-refractivity contribution in [1.82, 2.24) is 10.2 Å². The molecule has 1 amide bonds. The van der Waals surface area contributed by atoms with Gasteiger partial charge >= 0.3 is 5.97 Å². The van der Waals surface area contributed by atoms with Gasteiger partial charge in [0.25, 0.3) is 0 Å². The Morgan fingerprint density at radius 1 is 1.21 bits per heavy atom. The van der Waals surface area contributed by atoms with Crippen molar-refractivity contribution < 1.29 is 14.3 Å². The average Bonchev–Trinajstić information content (AvgIpc) is 2.73. The summed E-state index contributed by atoms with van der Waals surface area (Å²) >= 11 is 3.43. The highest BCUT2D eigenvalue weighted by Gasteiger charge is 2.42. The molecule has 7 heteroatoms. The van der Waals surface area contributed by atoms with Crippen LogP contribution in [0.5, 0.6) is 0 Å². The molecule has 0 fully saturated rings. The summed E-state index contributed by atoms with van der Waals surface area (Å²) in [4.78, 5) is 32.3. The Morgan fingerprint density at radius 3 is 2.66 bits per heavy atom. The first-order valence-electron chi connectivity index (χ1n) is 9.69. The molecule has 2 unspecified atom stereocenters. The molecule has 0 aliphatic carbocycles. The maximum atomic E-state index is 12.9. The normalized spacial score (nSPS) is 21.1. The van der Waals surface area contributed by atoms with Gasteiger partial charge in [0.1, 0.15) is 6.04 Å². The van der Waals surface area contributed by atoms with E-state index in [9.17, 15) is 9.59 Å². The molecule has 6 nitrogen and oxygen atoms in total. The van der Waals surface area contributed by atoms with E-state index in [1.807, 2.05) is 36.4 Å². The van der Waals surface area contributed by atoms with Crippen molar-refractivity contribution in [2.24, 2.45) is 10.9 Å². The molecule has 1 N–H and O–H groups in total. The predicted octanol–water partition coefficient (Wildman–Crippen LogP) is 3.21. The van der Waals surface area contributed by atoms with Gasteiger partial charge in [0.05, 0.1) is 6.61 Å². The van der Waals surface area contributed by atoms with Gasteiger partial charge in [-0.3, -0.25) is 14.9 Å². The summed E-state index contributed by atoms with van der Waals surface area (Å²) in [5, 5.41) is 2.84. The average molecular weight is 456 g/mol. The summed E-state index contributed by atoms with van der Waals surface area (Å²) in [6, 6.07) is 15.2. The molecule has 0 bridgehead atoms. The molecule has 0 spiro atoms. The molecule has 0 saturated carbocycles. The van der Waals surface area contributed by atoms with E-state index in [0.29, 0.717) is 12.5 Å². The number of hydrogen-bond donors (Lipinski definition) is 1. The van der Waals surface area contributed by atoms with Gasteiger partial charge in [-0.2, -0.15) is 0 Å². The van der Waals surface area contributed by atoms with Crippen molar-refractivity contribution in [3.05, 3.63) is 69.7 Å². The maximum absolute atomic E-state index is 12.9. The fourth-order valence-electron chi connectivity index (χ4n) is 3.80. The van der Waals surface area contributed by atoms with Crippen LogP contribution in [-0.4, -0.2) is 35.9 Å². The van der Waals surface area contributed by atoms with Gasteiger partial charge in [0, 0.05) is 17.6 Å². The van der Waals surface area contributed by atoms with E-state index in [0.717, 1.165) is 23.0 Å². The topological polar surface area (TPSA) is 71.0 Å². The lowest BCUT2D eigenvalue weighted by Crippen LogP contribution is -2.53. The minimum atomic E-state index is -1.00. The molecule has 2 aromatic rings. The molecule has 2 atom stereocenters. The third kappa shape index (κ3) is 4.05. The molecule has 0 saturated heterocycles. The van der Waals surface area contributed by atoms with E-state index in [2.05, 4.69) is 38.3 Å². The highest BCUT2D eigenvalue weighted by molar-refractivity contribution is 9.10. The lowest BCUT2D eigenvalue weighted by Gasteiger charge is -2.36. The smallest absolute Gasteiger partial charge is 0.321 e. The summed E-state index contributed by atoms with van der Waals surface area (Å²) in [6.07, 6.45) is 0.884. The van der Waals surface area contributed by atoms with Crippen molar-refractivity contribution in [2.75, 3.05) is 13.2 Å². The van der Waals surface area contributed by atoms with E-state index in [1.54, 1.807) is 6.92 Å². The fourth-order valence-corrected chi connectivity index (χ4v) is 4.07. The van der Waals surface area contributed by atoms with Gasteiger partial charge in [-0.05, 0) is 42.2 Å². The zero-order chi connectivity index (χ0) is 20.4. The number of amides is 1. The Hall–Kier alpha value is -2.67. The van der Waals surface area contributed by atoms with Crippen LogP contribution in [0.15, 0.2) is 58.0 Å². The Bertz CT molecular complexity index is 958. The maximum Gasteiger partial charge on any atom is 0.321 e. The van der Waals surface area contributed by atoms with E-state index in [4.69, 9.17) is 9.73 Å². The number of nitrogens with zero attached hydrogens (tertiary/aromatic N) is 2. The number of nitrogens with one attached hydrogen (secondary N) is 1. The standard InChI is InChI=1S/C22H22BrN3O3/c1-2-29-21(28)18-19(15-7-9-17(23)10-8-15)24-22(25-20(18)27)26-12-11-14-5-3-4-6-16(14)13-26/h3-10,18-19H,2,11-13H2,1H3,(H,24,25,27). The molecular weight excluding hydrogens is 434 g/mol. The molecule has 0 aromatic heterocycles. The van der Waals surface area contributed by atoms with E-state index in [1.165, 1.54) is 11.1 Å². The summed E-state index contributed by atoms with van der Waals surface area (Å²) in [5.41, 5.74) is 3.35. The third-order valence-electron chi connectivity index (χ3n) is 5.28. The zero-order valence-electron chi connectivity index (χ0n) is 16.1. The number of halogens is 1. The number of guanidine groups is 1. The van der Waals surface area contributed by atoms with E-state index >= 15 is 0 Å². The van der Waals surface area contributed by atoms with Gasteiger partial charge in [0.15, 0.2) is 5.92 Å². The van der Waals surface area contributed by atoms with Crippen LogP contribution in [0.1, 0.15) is 29.7 Å². The molecule has 2 aliphatic rings. The third-order valence-corrected chi connectivity index (χ3v) is 5.81. The van der Waals surface area contributed by atoms with Crippen LogP contribution >= 0.6 is 15.9 Å². The Morgan fingerprint density at radius 2 is 1.93 bits per heavy atom. The first-order chi connectivity index (χ1) is 14.1. The number of carbonyl (C=O) groups is 2. The zero-order valence-corrected chi connectivity index (χ0v) is 17.7. The Kier molecular flexibility index (Phi) is 5.67. The second kappa shape index (κ2) is 8.37. The van der Waals surface area contributed by atoms with Crippen LogP contribution in [0.25, 0.3) is 0 Å². The van der Waals surface area contributed by atoms with Crippen molar-refractivity contribution >= 4 is 33.8 Å². The molecule has 150 valence electrons. The predicted molar refractivity (Wildman–Crippen MR) is 113 cm³/mol. The lowest BCUT2D eigenvalue weighted by molar-refractivity contribution is -0.153. The second-order valence-corrected chi connectivity index (χ2v) is 8.02. The van der Waals surface area contributed by atoms with Gasteiger partial charge in [-0.25, -0.2) is 4.99 Å². The summed E-state index contributed by atoms with van der Waals surface area (Å²) < 4.78 is 6.08.